The van der Waals surface area contributed by atoms with Crippen LogP contribution in [0.5, 0.6) is 5.75 Å². The summed E-state index contributed by atoms with van der Waals surface area (Å²) in [7, 11) is -1.31. The van der Waals surface area contributed by atoms with Crippen molar-refractivity contribution in [3.05, 3.63) is 95.1 Å². The molecule has 0 aliphatic carbocycles. The van der Waals surface area contributed by atoms with E-state index in [0.717, 1.165) is 17.2 Å². The number of phenolic OH excluding ortho intramolecular Hbond substituents is 1. The third-order valence-electron chi connectivity index (χ3n) is 8.46. The fourth-order valence-corrected chi connectivity index (χ4v) is 6.70. The number of nitrogen functional groups attached to an aromatic ring is 1. The van der Waals surface area contributed by atoms with Crippen LogP contribution in [0.3, 0.4) is 0 Å². The van der Waals surface area contributed by atoms with Gasteiger partial charge in [-0.1, -0.05) is 42.9 Å². The molecule has 1 unspecified atom stereocenters. The first-order valence-corrected chi connectivity index (χ1v) is 20.0. The molecule has 7 rings (SSSR count). The summed E-state index contributed by atoms with van der Waals surface area (Å²) in [5.41, 5.74) is 10.0. The van der Waals surface area contributed by atoms with Gasteiger partial charge < -0.3 is 29.9 Å². The van der Waals surface area contributed by atoms with Gasteiger partial charge in [0.15, 0.2) is 5.82 Å². The fourth-order valence-electron chi connectivity index (χ4n) is 5.94. The number of aromatic nitrogens is 8. The van der Waals surface area contributed by atoms with Gasteiger partial charge in [-0.15, -0.1) is 5.10 Å². The van der Waals surface area contributed by atoms with Crippen molar-refractivity contribution in [1.82, 2.24) is 38.9 Å². The first-order valence-electron chi connectivity index (χ1n) is 16.2. The maximum Gasteiger partial charge on any atom is 0.313 e. The smallest absolute Gasteiger partial charge is 0.313 e. The van der Waals surface area contributed by atoms with Crippen molar-refractivity contribution in [2.75, 3.05) is 17.7 Å². The number of para-hydroxylation sites is 1. The van der Waals surface area contributed by atoms with Gasteiger partial charge in [0.25, 0.3) is 5.56 Å². The van der Waals surface area contributed by atoms with Gasteiger partial charge in [-0.05, 0) is 67.4 Å². The van der Waals surface area contributed by atoms with Gasteiger partial charge in [0.05, 0.1) is 17.1 Å². The van der Waals surface area contributed by atoms with Crippen molar-refractivity contribution in [2.24, 2.45) is 0 Å². The monoisotopic (exact) mass is 690 g/mol. The van der Waals surface area contributed by atoms with Crippen LogP contribution < -0.4 is 16.6 Å². The number of hydrogen-bond acceptors (Lipinski definition) is 11. The highest BCUT2D eigenvalue weighted by Crippen LogP contribution is 2.38. The van der Waals surface area contributed by atoms with E-state index in [0.29, 0.717) is 51.6 Å². The number of benzene rings is 2. The van der Waals surface area contributed by atoms with E-state index in [1.54, 1.807) is 21.3 Å². The van der Waals surface area contributed by atoms with Crippen LogP contribution in [0.1, 0.15) is 24.4 Å². The molecule has 0 fully saturated rings. The van der Waals surface area contributed by atoms with Gasteiger partial charge >= 0.3 is 6.01 Å². The molecule has 0 radical (unpaired) electrons. The standard InChI is InChI=1S/C35H38N10O4Si/c1-21-11-12-44-29(21)34(47)45(25-9-7-6-8-10-25)31(42-44)22(2)39-30-28-27(23-15-24(17-26(46)16-23)33-40-41-35(36)49-33)18-43(32(28)38-19-37-30)20-48-13-14-50(3,4)5/h6-12,15-19,22,46H,13-14,20H2,1-5H3,(H2,36,41)(H,37,38,39). The number of hydrogen-bond donors (Lipinski definition) is 3. The summed E-state index contributed by atoms with van der Waals surface area (Å²) in [6.45, 7) is 11.6. The summed E-state index contributed by atoms with van der Waals surface area (Å²) < 4.78 is 16.8. The van der Waals surface area contributed by atoms with E-state index < -0.39 is 14.1 Å². The molecule has 0 spiro atoms. The molecule has 0 aliphatic heterocycles. The van der Waals surface area contributed by atoms with E-state index in [9.17, 15) is 9.90 Å². The molecule has 5 heterocycles. The van der Waals surface area contributed by atoms with Crippen LogP contribution in [0.25, 0.3) is 44.8 Å². The SMILES string of the molecule is Cc1ccn2nc(C(C)Nc3ncnc4c3c(-c3cc(O)cc(-c5nnc(N)o5)c3)cn4COCC[Si](C)(C)C)n(-c3ccccc3)c(=O)c12. The van der Waals surface area contributed by atoms with Gasteiger partial charge in [0.1, 0.15) is 35.8 Å². The topological polar surface area (TPSA) is 176 Å². The number of nitrogens with two attached hydrogens (primary N) is 1. The van der Waals surface area contributed by atoms with Crippen LogP contribution >= 0.6 is 0 Å². The Balaban J connectivity index is 1.35. The van der Waals surface area contributed by atoms with Crippen LogP contribution in [0.2, 0.25) is 25.7 Å². The van der Waals surface area contributed by atoms with Crippen LogP contribution in [0, 0.1) is 6.92 Å². The summed E-state index contributed by atoms with van der Waals surface area (Å²) in [5, 5.41) is 27.7. The predicted molar refractivity (Wildman–Crippen MR) is 194 cm³/mol. The summed E-state index contributed by atoms with van der Waals surface area (Å²) in [6, 6.07) is 16.8. The molecule has 7 aromatic rings. The van der Waals surface area contributed by atoms with E-state index in [2.05, 4.69) is 45.1 Å². The molecule has 50 heavy (non-hydrogen) atoms. The second kappa shape index (κ2) is 12.9. The molecule has 14 nitrogen and oxygen atoms in total. The van der Waals surface area contributed by atoms with Crippen molar-refractivity contribution in [3.8, 4) is 34.0 Å². The number of nitrogens with zero attached hydrogens (tertiary/aromatic N) is 8. The summed E-state index contributed by atoms with van der Waals surface area (Å²) >= 11 is 0. The lowest BCUT2D eigenvalue weighted by Gasteiger charge is -2.20. The second-order valence-corrected chi connectivity index (χ2v) is 19.1. The summed E-state index contributed by atoms with van der Waals surface area (Å²) in [4.78, 5) is 23.4. The average molecular weight is 691 g/mol. The summed E-state index contributed by atoms with van der Waals surface area (Å²) in [6.07, 6.45) is 5.21. The minimum Gasteiger partial charge on any atom is -0.508 e. The molecule has 0 bridgehead atoms. The average Bonchev–Trinajstić information content (AvgIpc) is 3.80. The lowest BCUT2D eigenvalue weighted by molar-refractivity contribution is 0.0899. The van der Waals surface area contributed by atoms with Gasteiger partial charge in [-0.25, -0.2) is 14.5 Å². The van der Waals surface area contributed by atoms with E-state index in [-0.39, 0.29) is 29.9 Å². The Morgan fingerprint density at radius 3 is 2.58 bits per heavy atom. The molecule has 4 N–H and O–H groups in total. The maximum atomic E-state index is 14.0. The number of rotatable bonds is 11. The highest BCUT2D eigenvalue weighted by molar-refractivity contribution is 6.76. The highest BCUT2D eigenvalue weighted by atomic mass is 28.3. The molecule has 256 valence electrons. The zero-order valence-electron chi connectivity index (χ0n) is 28.5. The Morgan fingerprint density at radius 2 is 1.84 bits per heavy atom. The van der Waals surface area contributed by atoms with E-state index >= 15 is 0 Å². The van der Waals surface area contributed by atoms with Crippen LogP contribution in [0.15, 0.2) is 82.5 Å². The fraction of sp³-hybridized carbons (Fsp3) is 0.257. The molecule has 15 heteroatoms. The molecule has 2 aromatic carbocycles. The highest BCUT2D eigenvalue weighted by Gasteiger charge is 2.24. The zero-order chi connectivity index (χ0) is 35.2. The van der Waals surface area contributed by atoms with E-state index in [1.165, 1.54) is 12.4 Å². The molecule has 5 aromatic heterocycles. The Morgan fingerprint density at radius 1 is 1.06 bits per heavy atom. The minimum atomic E-state index is -1.31. The molecule has 0 aliphatic rings. The normalized spacial score (nSPS) is 12.6. The number of nitrogens with one attached hydrogen (secondary N) is 1. The number of fused-ring (bicyclic) bond motifs is 2. The Bertz CT molecular complexity index is 2390. The number of ether oxygens (including phenoxy) is 1. The number of aromatic hydroxyl groups is 1. The van der Waals surface area contributed by atoms with Gasteiger partial charge in [0.2, 0.25) is 5.89 Å². The van der Waals surface area contributed by atoms with Gasteiger partial charge in [-0.2, -0.15) is 5.10 Å². The lowest BCUT2D eigenvalue weighted by atomic mass is 10.0. The largest absolute Gasteiger partial charge is 0.508 e. The number of anilines is 2. The van der Waals surface area contributed by atoms with Crippen LogP contribution in [-0.4, -0.2) is 58.7 Å². The quantitative estimate of drug-likeness (QED) is 0.107. The van der Waals surface area contributed by atoms with Gasteiger partial charge in [-0.3, -0.25) is 9.36 Å². The van der Waals surface area contributed by atoms with Crippen LogP contribution in [0.4, 0.5) is 11.8 Å². The Kier molecular flexibility index (Phi) is 8.45. The number of phenols is 1. The molecule has 0 saturated carbocycles. The van der Waals surface area contributed by atoms with Crippen LogP contribution in [-0.2, 0) is 11.5 Å². The first-order chi connectivity index (χ1) is 24.0. The first kappa shape index (κ1) is 32.7. The Labute approximate surface area is 288 Å². The summed E-state index contributed by atoms with van der Waals surface area (Å²) in [5.74, 6) is 1.15. The van der Waals surface area contributed by atoms with Crippen molar-refractivity contribution >= 4 is 36.5 Å². The van der Waals surface area contributed by atoms with Crippen molar-refractivity contribution in [1.29, 1.82) is 0 Å². The minimum absolute atomic E-state index is 0.00678. The van der Waals surface area contributed by atoms with Crippen molar-refractivity contribution in [3.63, 3.8) is 0 Å². The third kappa shape index (κ3) is 6.35. The Hall–Kier alpha value is -5.80. The molecule has 0 amide bonds. The molecular weight excluding hydrogens is 653 g/mol. The second-order valence-electron chi connectivity index (χ2n) is 13.5. The molecule has 1 atom stereocenters. The maximum absolute atomic E-state index is 14.0. The van der Waals surface area contributed by atoms with Crippen molar-refractivity contribution in [2.45, 2.75) is 52.3 Å². The predicted octanol–water partition coefficient (Wildman–Crippen LogP) is 6.03. The zero-order valence-corrected chi connectivity index (χ0v) is 29.5. The number of aryl methyl sites for hydroxylation is 1. The molecular formula is C35H38N10O4Si. The van der Waals surface area contributed by atoms with E-state index in [4.69, 9.17) is 20.0 Å². The van der Waals surface area contributed by atoms with E-state index in [1.807, 2.05) is 67.1 Å². The third-order valence-corrected chi connectivity index (χ3v) is 10.2. The lowest BCUT2D eigenvalue weighted by Crippen LogP contribution is -2.29. The molecule has 0 saturated heterocycles. The van der Waals surface area contributed by atoms with Gasteiger partial charge in [0, 0.05) is 38.2 Å². The van der Waals surface area contributed by atoms with Crippen molar-refractivity contribution < 1.29 is 14.3 Å².